The summed E-state index contributed by atoms with van der Waals surface area (Å²) < 4.78 is 22.4. The maximum absolute atomic E-state index is 13.1. The zero-order valence-corrected chi connectivity index (χ0v) is 20.9. The Labute approximate surface area is 201 Å². The number of Topliss-reactive ketones (excluding diaryl/α,β-unsaturated/α-hetero) is 1. The van der Waals surface area contributed by atoms with Crippen LogP contribution in [0.25, 0.3) is 0 Å². The van der Waals surface area contributed by atoms with E-state index >= 15 is 0 Å². The third kappa shape index (κ3) is 5.56. The second-order valence-electron chi connectivity index (χ2n) is 8.70. The van der Waals surface area contributed by atoms with Crippen LogP contribution in [-0.2, 0) is 6.42 Å². The van der Waals surface area contributed by atoms with E-state index in [0.29, 0.717) is 35.0 Å². The number of phenols is 1. The van der Waals surface area contributed by atoms with Gasteiger partial charge < -0.3 is 24.1 Å². The van der Waals surface area contributed by atoms with Gasteiger partial charge in [0.25, 0.3) is 0 Å². The van der Waals surface area contributed by atoms with Crippen LogP contribution >= 0.6 is 0 Å². The number of benzene rings is 2. The fraction of sp³-hybridized carbons (Fsp3) is 0.393. The Hall–Kier alpha value is -3.41. The van der Waals surface area contributed by atoms with Crippen LogP contribution in [-0.4, -0.2) is 32.2 Å². The normalized spacial score (nSPS) is 15.3. The van der Waals surface area contributed by atoms with E-state index in [1.54, 1.807) is 39.5 Å². The highest BCUT2D eigenvalue weighted by Crippen LogP contribution is 2.45. The van der Waals surface area contributed by atoms with E-state index in [1.165, 1.54) is 11.1 Å². The van der Waals surface area contributed by atoms with Crippen molar-refractivity contribution in [3.63, 3.8) is 0 Å². The number of aromatic hydroxyl groups is 1. The molecule has 1 N–H and O–H groups in total. The summed E-state index contributed by atoms with van der Waals surface area (Å²) in [6.45, 7) is 6.25. The molecule has 6 heteroatoms. The minimum Gasteiger partial charge on any atom is -0.507 e. The number of carbonyl (C=O) groups excluding carboxylic acids is 1. The average Bonchev–Trinajstić information content (AvgIpc) is 2.82. The number of hydrogen-bond donors (Lipinski definition) is 1. The highest BCUT2D eigenvalue weighted by molar-refractivity contribution is 6.03. The molecule has 0 aromatic heterocycles. The summed E-state index contributed by atoms with van der Waals surface area (Å²) in [5.74, 6) is 1.72. The maximum Gasteiger partial charge on any atom is 0.174 e. The molecule has 0 amide bonds. The van der Waals surface area contributed by atoms with Gasteiger partial charge in [-0.1, -0.05) is 29.4 Å². The Bertz CT molecular complexity index is 1110. The van der Waals surface area contributed by atoms with E-state index in [0.717, 1.165) is 18.4 Å². The first-order chi connectivity index (χ1) is 16.3. The molecule has 0 unspecified atom stereocenters. The monoisotopic (exact) mass is 466 g/mol. The minimum atomic E-state index is -0.507. The van der Waals surface area contributed by atoms with Gasteiger partial charge >= 0.3 is 0 Å². The third-order valence-corrected chi connectivity index (χ3v) is 5.99. The summed E-state index contributed by atoms with van der Waals surface area (Å²) in [6.07, 6.45) is 6.26. The first-order valence-electron chi connectivity index (χ1n) is 11.4. The van der Waals surface area contributed by atoms with Gasteiger partial charge in [-0.2, -0.15) is 0 Å². The summed E-state index contributed by atoms with van der Waals surface area (Å²) in [5, 5.41) is 11.0. The van der Waals surface area contributed by atoms with Gasteiger partial charge in [-0.05, 0) is 57.7 Å². The number of ether oxygens (including phenoxy) is 4. The van der Waals surface area contributed by atoms with Crippen molar-refractivity contribution in [2.45, 2.75) is 52.6 Å². The quantitative estimate of drug-likeness (QED) is 0.434. The standard InChI is InChI=1S/C28H34O6/c1-17(2)8-7-9-18(3)10-12-20-24(32-5)16-26-27(28(20)30)21(29)15-23(34-26)19-11-13-22(31-4)25(14-19)33-6/h8,10-11,13-14,16,23,30H,7,9,12,15H2,1-6H3/b18-10+/t23-/m0/s1. The molecule has 3 rings (SSSR count). The van der Waals surface area contributed by atoms with Crippen molar-refractivity contribution in [2.75, 3.05) is 21.3 Å². The maximum atomic E-state index is 13.1. The average molecular weight is 467 g/mol. The number of methoxy groups -OCH3 is 3. The lowest BCUT2D eigenvalue weighted by atomic mass is 9.92. The van der Waals surface area contributed by atoms with Crippen molar-refractivity contribution < 1.29 is 28.8 Å². The lowest BCUT2D eigenvalue weighted by Crippen LogP contribution is -2.21. The van der Waals surface area contributed by atoms with E-state index in [-0.39, 0.29) is 23.5 Å². The predicted octanol–water partition coefficient (Wildman–Crippen LogP) is 6.36. The zero-order valence-electron chi connectivity index (χ0n) is 20.9. The van der Waals surface area contributed by atoms with E-state index in [4.69, 9.17) is 18.9 Å². The Morgan fingerprint density at radius 2 is 1.74 bits per heavy atom. The number of hydrogen-bond acceptors (Lipinski definition) is 6. The number of phenolic OH excluding ortho intramolecular Hbond substituents is 1. The van der Waals surface area contributed by atoms with Gasteiger partial charge in [0.1, 0.15) is 28.9 Å². The van der Waals surface area contributed by atoms with Crippen LogP contribution in [0.3, 0.4) is 0 Å². The SMILES string of the molecule is COc1ccc([C@@H]2CC(=O)c3c(cc(OC)c(C/C=C(\C)CCC=C(C)C)c3O)O2)cc1OC. The first kappa shape index (κ1) is 25.2. The molecule has 182 valence electrons. The minimum absolute atomic E-state index is 0.0709. The molecule has 6 nitrogen and oxygen atoms in total. The van der Waals surface area contributed by atoms with Gasteiger partial charge in [-0.15, -0.1) is 0 Å². The molecule has 0 bridgehead atoms. The van der Waals surface area contributed by atoms with Crippen LogP contribution < -0.4 is 18.9 Å². The van der Waals surface area contributed by atoms with Crippen LogP contribution in [0, 0.1) is 0 Å². The highest BCUT2D eigenvalue weighted by atomic mass is 16.5. The number of rotatable bonds is 9. The summed E-state index contributed by atoms with van der Waals surface area (Å²) in [7, 11) is 4.68. The summed E-state index contributed by atoms with van der Waals surface area (Å²) in [4.78, 5) is 13.1. The smallest absolute Gasteiger partial charge is 0.174 e. The molecule has 2 aromatic carbocycles. The van der Waals surface area contributed by atoms with Gasteiger partial charge in [0.2, 0.25) is 0 Å². The van der Waals surface area contributed by atoms with E-state index < -0.39 is 6.10 Å². The molecule has 0 saturated carbocycles. The first-order valence-corrected chi connectivity index (χ1v) is 11.4. The van der Waals surface area contributed by atoms with Gasteiger partial charge in [0.15, 0.2) is 17.3 Å². The van der Waals surface area contributed by atoms with Crippen LogP contribution in [0.1, 0.15) is 67.6 Å². The lowest BCUT2D eigenvalue weighted by Gasteiger charge is -2.28. The van der Waals surface area contributed by atoms with E-state index in [9.17, 15) is 9.90 Å². The molecule has 1 aliphatic rings. The predicted molar refractivity (Wildman–Crippen MR) is 133 cm³/mol. The Balaban J connectivity index is 1.89. The van der Waals surface area contributed by atoms with Crippen LogP contribution in [0.2, 0.25) is 0 Å². The van der Waals surface area contributed by atoms with Gasteiger partial charge in [0.05, 0.1) is 27.8 Å². The topological polar surface area (TPSA) is 74.2 Å². The molecular weight excluding hydrogens is 432 g/mol. The van der Waals surface area contributed by atoms with Crippen molar-refractivity contribution in [3.05, 3.63) is 64.3 Å². The largest absolute Gasteiger partial charge is 0.507 e. The summed E-state index contributed by atoms with van der Waals surface area (Å²) in [6, 6.07) is 7.13. The van der Waals surface area contributed by atoms with Gasteiger partial charge in [0, 0.05) is 11.6 Å². The molecule has 0 aliphatic carbocycles. The lowest BCUT2D eigenvalue weighted by molar-refractivity contribution is 0.0844. The second-order valence-corrected chi connectivity index (χ2v) is 8.70. The summed E-state index contributed by atoms with van der Waals surface area (Å²) >= 11 is 0. The van der Waals surface area contributed by atoms with Crippen molar-refractivity contribution in [2.24, 2.45) is 0 Å². The number of allylic oxidation sites excluding steroid dienone is 4. The van der Waals surface area contributed by atoms with Crippen molar-refractivity contribution in [1.29, 1.82) is 0 Å². The van der Waals surface area contributed by atoms with Crippen LogP contribution in [0.4, 0.5) is 0 Å². The van der Waals surface area contributed by atoms with Crippen molar-refractivity contribution >= 4 is 5.78 Å². The Morgan fingerprint density at radius 3 is 2.38 bits per heavy atom. The molecule has 1 aliphatic heterocycles. The Morgan fingerprint density at radius 1 is 1.03 bits per heavy atom. The summed E-state index contributed by atoms with van der Waals surface area (Å²) in [5.41, 5.74) is 4.10. The Kier molecular flexibility index (Phi) is 8.26. The van der Waals surface area contributed by atoms with Crippen molar-refractivity contribution in [1.82, 2.24) is 0 Å². The van der Waals surface area contributed by atoms with Gasteiger partial charge in [-0.3, -0.25) is 4.79 Å². The molecule has 34 heavy (non-hydrogen) atoms. The molecule has 0 saturated heterocycles. The molecule has 1 atom stereocenters. The fourth-order valence-corrected chi connectivity index (χ4v) is 4.08. The van der Waals surface area contributed by atoms with E-state index in [1.807, 2.05) is 6.07 Å². The number of fused-ring (bicyclic) bond motifs is 1. The molecule has 1 heterocycles. The van der Waals surface area contributed by atoms with Crippen LogP contribution in [0.5, 0.6) is 28.7 Å². The highest BCUT2D eigenvalue weighted by Gasteiger charge is 2.33. The number of carbonyl (C=O) groups is 1. The van der Waals surface area contributed by atoms with E-state index in [2.05, 4.69) is 32.9 Å². The second kappa shape index (κ2) is 11.1. The molecule has 0 fully saturated rings. The molecule has 0 spiro atoms. The molecule has 2 aromatic rings. The number of ketones is 1. The van der Waals surface area contributed by atoms with Gasteiger partial charge in [-0.25, -0.2) is 0 Å². The fourth-order valence-electron chi connectivity index (χ4n) is 4.08. The molecular formula is C28H34O6. The third-order valence-electron chi connectivity index (χ3n) is 5.99. The van der Waals surface area contributed by atoms with Crippen molar-refractivity contribution in [3.8, 4) is 28.7 Å². The van der Waals surface area contributed by atoms with Crippen LogP contribution in [0.15, 0.2) is 47.6 Å². The molecule has 0 radical (unpaired) electrons. The zero-order chi connectivity index (χ0) is 24.8.